The maximum absolute atomic E-state index is 15.1. The molecule has 0 unspecified atom stereocenters. The fraction of sp³-hybridized carbons (Fsp3) is 0.333. The Bertz CT molecular complexity index is 1420. The highest BCUT2D eigenvalue weighted by molar-refractivity contribution is 5.97. The third-order valence-electron chi connectivity index (χ3n) is 5.95. The number of benzene rings is 2. The molecule has 1 amide bonds. The van der Waals surface area contributed by atoms with E-state index in [0.29, 0.717) is 33.8 Å². The van der Waals surface area contributed by atoms with E-state index in [1.54, 1.807) is 32.0 Å². The summed E-state index contributed by atoms with van der Waals surface area (Å²) in [5, 5.41) is 7.03. The smallest absolute Gasteiger partial charge is 0.323 e. The molecule has 0 aliphatic carbocycles. The molecule has 1 aliphatic heterocycles. The zero-order valence-corrected chi connectivity index (χ0v) is 21.7. The highest BCUT2D eigenvalue weighted by atomic mass is 19.3. The lowest BCUT2D eigenvalue weighted by Crippen LogP contribution is -2.39. The van der Waals surface area contributed by atoms with Gasteiger partial charge in [0, 0.05) is 11.1 Å². The van der Waals surface area contributed by atoms with Crippen LogP contribution in [0.1, 0.15) is 19.0 Å². The van der Waals surface area contributed by atoms with E-state index in [4.69, 9.17) is 19.9 Å². The number of halogens is 3. The van der Waals surface area contributed by atoms with Crippen molar-refractivity contribution >= 4 is 23.5 Å². The second-order valence-corrected chi connectivity index (χ2v) is 9.10. The first kappa shape index (κ1) is 28.6. The molecule has 2 heterocycles. The van der Waals surface area contributed by atoms with Gasteiger partial charge in [0.2, 0.25) is 0 Å². The number of esters is 2. The van der Waals surface area contributed by atoms with Crippen molar-refractivity contribution in [3.8, 4) is 28.1 Å². The molecule has 1 aliphatic rings. The molecule has 4 rings (SSSR count). The first-order valence-corrected chi connectivity index (χ1v) is 12.3. The first-order chi connectivity index (χ1) is 19.0. The summed E-state index contributed by atoms with van der Waals surface area (Å²) in [4.78, 5) is 35.4. The number of carbonyl (C=O) groups excluding carboxylic acids is 3. The van der Waals surface area contributed by atoms with Crippen molar-refractivity contribution in [1.82, 2.24) is 9.78 Å². The van der Waals surface area contributed by atoms with E-state index in [0.717, 1.165) is 4.68 Å². The van der Waals surface area contributed by atoms with Gasteiger partial charge in [-0.2, -0.15) is 5.10 Å². The van der Waals surface area contributed by atoms with Crippen LogP contribution in [0.2, 0.25) is 0 Å². The lowest BCUT2D eigenvalue weighted by atomic mass is 9.98. The summed E-state index contributed by atoms with van der Waals surface area (Å²) in [6, 6.07) is 8.76. The molecule has 13 heteroatoms. The molecule has 0 fully saturated rings. The third-order valence-corrected chi connectivity index (χ3v) is 5.95. The summed E-state index contributed by atoms with van der Waals surface area (Å²) < 4.78 is 59.8. The number of nitrogens with two attached hydrogens (primary N) is 1. The van der Waals surface area contributed by atoms with E-state index in [1.165, 1.54) is 24.3 Å². The highest BCUT2D eigenvalue weighted by Crippen LogP contribution is 2.40. The number of rotatable bonds is 10. The van der Waals surface area contributed by atoms with E-state index in [2.05, 4.69) is 10.4 Å². The Kier molecular flexibility index (Phi) is 8.43. The molecule has 1 aromatic heterocycles. The number of nitrogens with one attached hydrogen (secondary N) is 1. The fourth-order valence-electron chi connectivity index (χ4n) is 4.21. The summed E-state index contributed by atoms with van der Waals surface area (Å²) in [5.41, 5.74) is 8.05. The van der Waals surface area contributed by atoms with Crippen LogP contribution in [0.4, 0.5) is 18.9 Å². The maximum Gasteiger partial charge on any atom is 0.323 e. The van der Waals surface area contributed by atoms with Gasteiger partial charge in [-0.15, -0.1) is 0 Å². The molecule has 0 saturated heterocycles. The largest absolute Gasteiger partial charge is 0.482 e. The zero-order valence-electron chi connectivity index (χ0n) is 21.7. The monoisotopic (exact) mass is 560 g/mol. The molecule has 3 aromatic rings. The van der Waals surface area contributed by atoms with Gasteiger partial charge in [-0.25, -0.2) is 13.2 Å². The molecule has 212 valence electrons. The van der Waals surface area contributed by atoms with Crippen LogP contribution in [0, 0.1) is 12.7 Å². The van der Waals surface area contributed by atoms with Crippen LogP contribution in [0.15, 0.2) is 42.5 Å². The van der Waals surface area contributed by atoms with Crippen molar-refractivity contribution in [2.24, 2.45) is 5.73 Å². The van der Waals surface area contributed by atoms with Gasteiger partial charge in [0.25, 0.3) is 5.91 Å². The van der Waals surface area contributed by atoms with Gasteiger partial charge in [0.15, 0.2) is 13.2 Å². The van der Waals surface area contributed by atoms with Gasteiger partial charge in [-0.3, -0.25) is 19.1 Å². The minimum absolute atomic E-state index is 0.0776. The number of ether oxygens (including phenoxy) is 3. The van der Waals surface area contributed by atoms with Crippen molar-refractivity contribution in [2.75, 3.05) is 25.1 Å². The normalized spacial score (nSPS) is 13.6. The number of nitrogens with zero attached hydrogens (tertiary/aromatic N) is 2. The van der Waals surface area contributed by atoms with Gasteiger partial charge >= 0.3 is 17.9 Å². The quantitative estimate of drug-likeness (QED) is 0.360. The number of amides is 1. The van der Waals surface area contributed by atoms with E-state index >= 15 is 8.78 Å². The molecule has 10 nitrogen and oxygen atoms in total. The summed E-state index contributed by atoms with van der Waals surface area (Å²) >= 11 is 0. The van der Waals surface area contributed by atoms with Crippen LogP contribution in [0.25, 0.3) is 22.4 Å². The molecule has 0 spiro atoms. The molecule has 1 atom stereocenters. The summed E-state index contributed by atoms with van der Waals surface area (Å²) in [6.07, 6.45) is -0.513. The van der Waals surface area contributed by atoms with E-state index in [1.807, 2.05) is 0 Å². The van der Waals surface area contributed by atoms with Crippen LogP contribution < -0.4 is 15.8 Å². The van der Waals surface area contributed by atoms with Crippen LogP contribution in [0.3, 0.4) is 0 Å². The van der Waals surface area contributed by atoms with Crippen molar-refractivity contribution in [1.29, 1.82) is 0 Å². The van der Waals surface area contributed by atoms with Crippen LogP contribution in [-0.4, -0.2) is 59.4 Å². The van der Waals surface area contributed by atoms with Gasteiger partial charge in [-0.05, 0) is 55.8 Å². The fourth-order valence-corrected chi connectivity index (χ4v) is 4.21. The summed E-state index contributed by atoms with van der Waals surface area (Å²) in [7, 11) is 0. The zero-order chi connectivity index (χ0) is 29.0. The van der Waals surface area contributed by atoms with Gasteiger partial charge in [0.05, 0.1) is 30.1 Å². The summed E-state index contributed by atoms with van der Waals surface area (Å²) in [6.45, 7) is 0.835. The number of anilines is 1. The minimum Gasteiger partial charge on any atom is -0.482 e. The number of hydrogen-bond acceptors (Lipinski definition) is 8. The van der Waals surface area contributed by atoms with Crippen LogP contribution >= 0.6 is 0 Å². The number of aryl methyl sites for hydroxylation is 1. The Morgan fingerprint density at radius 1 is 1.18 bits per heavy atom. The number of fused-ring (bicyclic) bond motifs is 1. The average molecular weight is 561 g/mol. The van der Waals surface area contributed by atoms with Gasteiger partial charge in [-0.1, -0.05) is 6.07 Å². The predicted octanol–water partition coefficient (Wildman–Crippen LogP) is 3.45. The van der Waals surface area contributed by atoms with Crippen molar-refractivity contribution in [3.63, 3.8) is 0 Å². The lowest BCUT2D eigenvalue weighted by molar-refractivity contribution is -0.161. The molecular weight excluding hydrogens is 533 g/mol. The SMILES string of the molecule is CCOC(=O)C[C@H](N)C(=O)OCC(F)(F)Cn1nc(C)c(-c2ccc3c(c2)NC(=O)CO3)c1-c1ccc(F)cc1. The second kappa shape index (κ2) is 11.8. The Labute approximate surface area is 227 Å². The first-order valence-electron chi connectivity index (χ1n) is 12.3. The maximum atomic E-state index is 15.1. The molecular formula is C27H27F3N4O6. The topological polar surface area (TPSA) is 135 Å². The van der Waals surface area contributed by atoms with Crippen LogP contribution in [0.5, 0.6) is 5.75 Å². The van der Waals surface area contributed by atoms with Gasteiger partial charge in [0.1, 0.15) is 24.2 Å². The standard InChI is InChI=1S/C27H27F3N4O6/c1-3-38-23(36)11-19(31)26(37)40-14-27(29,30)13-34-25(16-4-7-18(28)8-5-16)24(15(2)33-34)17-6-9-21-20(10-17)32-22(35)12-39-21/h4-10,19H,3,11-14,31H2,1-2H3,(H,32,35)/t19-/m0/s1. The van der Waals surface area contributed by atoms with Crippen molar-refractivity contribution in [2.45, 2.75) is 38.8 Å². The molecule has 0 bridgehead atoms. The number of carbonyl (C=O) groups is 3. The Morgan fingerprint density at radius 2 is 1.88 bits per heavy atom. The predicted molar refractivity (Wildman–Crippen MR) is 137 cm³/mol. The average Bonchev–Trinajstić information content (AvgIpc) is 3.21. The Hall–Kier alpha value is -4.39. The molecule has 0 saturated carbocycles. The Morgan fingerprint density at radius 3 is 2.58 bits per heavy atom. The lowest BCUT2D eigenvalue weighted by Gasteiger charge is -2.20. The minimum atomic E-state index is -3.60. The third kappa shape index (κ3) is 6.60. The molecule has 3 N–H and O–H groups in total. The molecule has 2 aromatic carbocycles. The van der Waals surface area contributed by atoms with Crippen molar-refractivity contribution in [3.05, 3.63) is 54.0 Å². The highest BCUT2D eigenvalue weighted by Gasteiger charge is 2.35. The molecule has 40 heavy (non-hydrogen) atoms. The number of alkyl halides is 2. The van der Waals surface area contributed by atoms with Gasteiger partial charge < -0.3 is 25.3 Å². The molecule has 0 radical (unpaired) electrons. The van der Waals surface area contributed by atoms with Crippen molar-refractivity contribution < 1.29 is 41.8 Å². The second-order valence-electron chi connectivity index (χ2n) is 9.10. The van der Waals surface area contributed by atoms with E-state index in [9.17, 15) is 18.8 Å². The Balaban J connectivity index is 1.63. The summed E-state index contributed by atoms with van der Waals surface area (Å²) in [5.74, 6) is -5.93. The number of aromatic nitrogens is 2. The van der Waals surface area contributed by atoms with E-state index in [-0.39, 0.29) is 24.8 Å². The van der Waals surface area contributed by atoms with E-state index < -0.39 is 49.3 Å². The van der Waals surface area contributed by atoms with Crippen LogP contribution in [-0.2, 0) is 30.4 Å². The number of hydrogen-bond donors (Lipinski definition) is 2.